The monoisotopic (exact) mass is 348 g/mol. The number of ether oxygens (including phenoxy) is 1. The predicted molar refractivity (Wildman–Crippen MR) is 96.0 cm³/mol. The van der Waals surface area contributed by atoms with Crippen molar-refractivity contribution >= 4 is 11.8 Å². The molecule has 0 aromatic heterocycles. The molecule has 0 fully saturated rings. The second kappa shape index (κ2) is 7.85. The molecule has 0 unspecified atom stereocenters. The van der Waals surface area contributed by atoms with Crippen LogP contribution >= 0.6 is 0 Å². The maximum Gasteiger partial charge on any atom is 0.269 e. The number of hydrazine groups is 1. The van der Waals surface area contributed by atoms with E-state index in [2.05, 4.69) is 10.9 Å². The number of hydrogen-bond donors (Lipinski definition) is 3. The van der Waals surface area contributed by atoms with Gasteiger partial charge in [-0.3, -0.25) is 20.4 Å². The summed E-state index contributed by atoms with van der Waals surface area (Å²) in [7, 11) is 0. The van der Waals surface area contributed by atoms with Crippen LogP contribution in [-0.4, -0.2) is 16.9 Å². The van der Waals surface area contributed by atoms with Gasteiger partial charge < -0.3 is 9.84 Å². The lowest BCUT2D eigenvalue weighted by molar-refractivity contribution is 0.0846. The molecule has 6 nitrogen and oxygen atoms in total. The molecule has 0 bridgehead atoms. The second-order valence-corrected chi connectivity index (χ2v) is 5.39. The number of carbonyl (C=O) groups is 2. The third-order valence-corrected chi connectivity index (χ3v) is 3.51. The van der Waals surface area contributed by atoms with E-state index in [0.717, 1.165) is 0 Å². The Bertz CT molecular complexity index is 891. The highest BCUT2D eigenvalue weighted by atomic mass is 16.5. The predicted octanol–water partition coefficient (Wildman–Crippen LogP) is 3.26. The molecule has 3 N–H and O–H groups in total. The zero-order valence-corrected chi connectivity index (χ0v) is 13.7. The number of hydrogen-bond acceptors (Lipinski definition) is 4. The second-order valence-electron chi connectivity index (χ2n) is 5.39. The van der Waals surface area contributed by atoms with Gasteiger partial charge in [-0.15, -0.1) is 0 Å². The van der Waals surface area contributed by atoms with E-state index >= 15 is 0 Å². The van der Waals surface area contributed by atoms with Crippen molar-refractivity contribution in [3.8, 4) is 17.2 Å². The van der Waals surface area contributed by atoms with E-state index in [1.165, 1.54) is 24.3 Å². The molecule has 0 aliphatic rings. The number of benzene rings is 3. The first-order valence-corrected chi connectivity index (χ1v) is 7.84. The van der Waals surface area contributed by atoms with Gasteiger partial charge in [0, 0.05) is 11.1 Å². The summed E-state index contributed by atoms with van der Waals surface area (Å²) in [4.78, 5) is 24.0. The van der Waals surface area contributed by atoms with Crippen molar-refractivity contribution in [2.24, 2.45) is 0 Å². The lowest BCUT2D eigenvalue weighted by Gasteiger charge is -2.09. The summed E-state index contributed by atoms with van der Waals surface area (Å²) in [6.07, 6.45) is 0. The van der Waals surface area contributed by atoms with Crippen molar-refractivity contribution in [1.29, 1.82) is 0 Å². The Labute approximate surface area is 150 Å². The fourth-order valence-corrected chi connectivity index (χ4v) is 2.17. The largest absolute Gasteiger partial charge is 0.508 e. The van der Waals surface area contributed by atoms with E-state index in [4.69, 9.17) is 4.74 Å². The molecule has 3 rings (SSSR count). The minimum Gasteiger partial charge on any atom is -0.508 e. The molecule has 0 radical (unpaired) electrons. The quantitative estimate of drug-likeness (QED) is 0.632. The summed E-state index contributed by atoms with van der Waals surface area (Å²) in [5, 5.41) is 9.21. The van der Waals surface area contributed by atoms with Crippen LogP contribution in [0.25, 0.3) is 0 Å². The van der Waals surface area contributed by atoms with Gasteiger partial charge in [-0.1, -0.05) is 18.2 Å². The first-order chi connectivity index (χ1) is 12.6. The highest BCUT2D eigenvalue weighted by Crippen LogP contribution is 2.21. The van der Waals surface area contributed by atoms with Crippen molar-refractivity contribution in [3.05, 3.63) is 90.0 Å². The molecule has 0 aliphatic heterocycles. The Hall–Kier alpha value is -3.80. The van der Waals surface area contributed by atoms with Crippen LogP contribution in [0.15, 0.2) is 78.9 Å². The summed E-state index contributed by atoms with van der Waals surface area (Å²) in [5.74, 6) is 0.418. The summed E-state index contributed by atoms with van der Waals surface area (Å²) in [6, 6.07) is 21.5. The smallest absolute Gasteiger partial charge is 0.269 e. The molecule has 0 spiro atoms. The summed E-state index contributed by atoms with van der Waals surface area (Å²) in [5.41, 5.74) is 5.35. The zero-order chi connectivity index (χ0) is 18.4. The van der Waals surface area contributed by atoms with Gasteiger partial charge in [0.2, 0.25) is 0 Å². The van der Waals surface area contributed by atoms with Crippen molar-refractivity contribution in [2.75, 3.05) is 0 Å². The topological polar surface area (TPSA) is 87.7 Å². The number of carbonyl (C=O) groups excluding carboxylic acids is 2. The lowest BCUT2D eigenvalue weighted by Crippen LogP contribution is -2.41. The van der Waals surface area contributed by atoms with E-state index < -0.39 is 11.8 Å². The minimum atomic E-state index is -0.484. The Kier molecular flexibility index (Phi) is 5.14. The molecule has 0 aliphatic carbocycles. The van der Waals surface area contributed by atoms with Gasteiger partial charge in [0.1, 0.15) is 17.2 Å². The number of aromatic hydroxyl groups is 1. The van der Waals surface area contributed by atoms with Gasteiger partial charge in [0.25, 0.3) is 11.8 Å². The third kappa shape index (κ3) is 4.39. The average Bonchev–Trinajstić information content (AvgIpc) is 2.68. The van der Waals surface area contributed by atoms with Gasteiger partial charge >= 0.3 is 0 Å². The molecular weight excluding hydrogens is 332 g/mol. The van der Waals surface area contributed by atoms with E-state index in [1.807, 2.05) is 30.3 Å². The van der Waals surface area contributed by atoms with Crippen molar-refractivity contribution in [1.82, 2.24) is 10.9 Å². The molecule has 0 saturated carbocycles. The van der Waals surface area contributed by atoms with Gasteiger partial charge in [-0.25, -0.2) is 0 Å². The number of nitrogens with one attached hydrogen (secondary N) is 2. The van der Waals surface area contributed by atoms with Gasteiger partial charge in [-0.2, -0.15) is 0 Å². The maximum atomic E-state index is 12.1. The molecule has 130 valence electrons. The van der Waals surface area contributed by atoms with Crippen molar-refractivity contribution in [2.45, 2.75) is 0 Å². The number of amides is 2. The SMILES string of the molecule is O=C(NNC(=O)c1ccc(Oc2ccccc2)cc1)c1ccc(O)cc1. The van der Waals surface area contributed by atoms with Crippen LogP contribution in [0.5, 0.6) is 17.2 Å². The molecular formula is C20H16N2O4. The summed E-state index contributed by atoms with van der Waals surface area (Å²) in [6.45, 7) is 0. The fraction of sp³-hybridized carbons (Fsp3) is 0. The first kappa shape index (κ1) is 17.0. The van der Waals surface area contributed by atoms with Crippen LogP contribution in [0.2, 0.25) is 0 Å². The third-order valence-electron chi connectivity index (χ3n) is 3.51. The molecule has 0 heterocycles. The zero-order valence-electron chi connectivity index (χ0n) is 13.7. The molecule has 26 heavy (non-hydrogen) atoms. The minimum absolute atomic E-state index is 0.0587. The Morgan fingerprint density at radius 2 is 1.12 bits per heavy atom. The first-order valence-electron chi connectivity index (χ1n) is 7.84. The number of para-hydroxylation sites is 1. The van der Waals surface area contributed by atoms with Gasteiger partial charge in [0.15, 0.2) is 0 Å². The van der Waals surface area contributed by atoms with E-state index in [1.54, 1.807) is 24.3 Å². The Morgan fingerprint density at radius 3 is 1.65 bits per heavy atom. The fourth-order valence-electron chi connectivity index (χ4n) is 2.17. The van der Waals surface area contributed by atoms with E-state index in [0.29, 0.717) is 22.6 Å². The molecule has 6 heteroatoms. The highest BCUT2D eigenvalue weighted by Gasteiger charge is 2.09. The number of phenolic OH excluding ortho intramolecular Hbond substituents is 1. The molecule has 3 aromatic rings. The van der Waals surface area contributed by atoms with Crippen LogP contribution in [0.1, 0.15) is 20.7 Å². The van der Waals surface area contributed by atoms with Crippen LogP contribution < -0.4 is 15.6 Å². The Balaban J connectivity index is 1.56. The van der Waals surface area contributed by atoms with E-state index in [-0.39, 0.29) is 5.75 Å². The van der Waals surface area contributed by atoms with Crippen LogP contribution in [0.3, 0.4) is 0 Å². The highest BCUT2D eigenvalue weighted by molar-refractivity contribution is 5.99. The summed E-state index contributed by atoms with van der Waals surface area (Å²) < 4.78 is 5.66. The molecule has 0 saturated heterocycles. The van der Waals surface area contributed by atoms with Gasteiger partial charge in [-0.05, 0) is 60.7 Å². The van der Waals surface area contributed by atoms with Crippen LogP contribution in [-0.2, 0) is 0 Å². The summed E-state index contributed by atoms with van der Waals surface area (Å²) >= 11 is 0. The van der Waals surface area contributed by atoms with Crippen molar-refractivity contribution in [3.63, 3.8) is 0 Å². The molecule has 0 atom stereocenters. The number of phenols is 1. The lowest BCUT2D eigenvalue weighted by atomic mass is 10.2. The molecule has 3 aromatic carbocycles. The normalized spacial score (nSPS) is 10.0. The van der Waals surface area contributed by atoms with Crippen LogP contribution in [0.4, 0.5) is 0 Å². The van der Waals surface area contributed by atoms with Crippen molar-refractivity contribution < 1.29 is 19.4 Å². The average molecular weight is 348 g/mol. The number of rotatable bonds is 4. The molecule has 2 amide bonds. The standard InChI is InChI=1S/C20H16N2O4/c23-16-10-6-14(7-11-16)19(24)21-22-20(25)15-8-12-18(13-9-15)26-17-4-2-1-3-5-17/h1-13,23H,(H,21,24)(H,22,25). The van der Waals surface area contributed by atoms with Gasteiger partial charge in [0.05, 0.1) is 0 Å². The van der Waals surface area contributed by atoms with E-state index in [9.17, 15) is 14.7 Å². The maximum absolute atomic E-state index is 12.1. The van der Waals surface area contributed by atoms with Crippen LogP contribution in [0, 0.1) is 0 Å². The Morgan fingerprint density at radius 1 is 0.654 bits per heavy atom.